The summed E-state index contributed by atoms with van der Waals surface area (Å²) in [4.78, 5) is 0. The highest BCUT2D eigenvalue weighted by atomic mass is 79.9. The highest BCUT2D eigenvalue weighted by Crippen LogP contribution is 2.39. The molecule has 2 aromatic carbocycles. The number of hydrogen-bond donors (Lipinski definition) is 1. The summed E-state index contributed by atoms with van der Waals surface area (Å²) in [5.41, 5.74) is 9.92. The number of nitrogen functional groups attached to an aromatic ring is 1. The van der Waals surface area contributed by atoms with Crippen molar-refractivity contribution in [3.63, 3.8) is 0 Å². The van der Waals surface area contributed by atoms with E-state index in [4.69, 9.17) is 10.3 Å². The van der Waals surface area contributed by atoms with Crippen LogP contribution < -0.4 is 5.73 Å². The largest absolute Gasteiger partial charge is 0.380 e. The second-order valence-corrected chi connectivity index (χ2v) is 5.48. The van der Waals surface area contributed by atoms with Gasteiger partial charge >= 0.3 is 0 Å². The monoisotopic (exact) mass is 328 g/mol. The van der Waals surface area contributed by atoms with Crippen molar-refractivity contribution in [1.82, 2.24) is 5.16 Å². The quantitative estimate of drug-likeness (QED) is 0.744. The molecule has 3 nitrogen and oxygen atoms in total. The lowest BCUT2D eigenvalue weighted by Gasteiger charge is -2.05. The molecule has 0 bridgehead atoms. The standard InChI is InChI=1S/C16H13BrN2O/c1-10-5-4-6-11(9-10)15-14(16(18)19-20-15)12-7-2-3-8-13(12)17/h2-9H,1H3,(H2,18,19). The third-order valence-electron chi connectivity index (χ3n) is 3.14. The van der Waals surface area contributed by atoms with Gasteiger partial charge in [-0.3, -0.25) is 0 Å². The van der Waals surface area contributed by atoms with Gasteiger partial charge < -0.3 is 10.3 Å². The third-order valence-corrected chi connectivity index (χ3v) is 3.83. The fourth-order valence-corrected chi connectivity index (χ4v) is 2.69. The summed E-state index contributed by atoms with van der Waals surface area (Å²) in [5, 5.41) is 3.92. The van der Waals surface area contributed by atoms with Crippen LogP contribution in [0, 0.1) is 6.92 Å². The molecule has 100 valence electrons. The molecule has 20 heavy (non-hydrogen) atoms. The first kappa shape index (κ1) is 12.9. The Bertz CT molecular complexity index is 765. The first-order valence-corrected chi connectivity index (χ1v) is 7.03. The molecule has 0 aliphatic carbocycles. The van der Waals surface area contributed by atoms with Crippen LogP contribution in [0.15, 0.2) is 57.5 Å². The summed E-state index contributed by atoms with van der Waals surface area (Å²) >= 11 is 3.55. The van der Waals surface area contributed by atoms with Crippen LogP contribution in [0.1, 0.15) is 5.56 Å². The lowest BCUT2D eigenvalue weighted by atomic mass is 10.0. The van der Waals surface area contributed by atoms with Crippen molar-refractivity contribution >= 4 is 21.7 Å². The topological polar surface area (TPSA) is 52.0 Å². The zero-order chi connectivity index (χ0) is 14.1. The highest BCUT2D eigenvalue weighted by Gasteiger charge is 2.19. The van der Waals surface area contributed by atoms with Crippen molar-refractivity contribution in [2.24, 2.45) is 0 Å². The Balaban J connectivity index is 2.23. The summed E-state index contributed by atoms with van der Waals surface area (Å²) in [5.74, 6) is 1.09. The lowest BCUT2D eigenvalue weighted by Crippen LogP contribution is -1.89. The number of aromatic nitrogens is 1. The molecule has 0 aliphatic heterocycles. The lowest BCUT2D eigenvalue weighted by molar-refractivity contribution is 0.436. The summed E-state index contributed by atoms with van der Waals surface area (Å²) in [6.07, 6.45) is 0. The third kappa shape index (κ3) is 2.23. The number of rotatable bonds is 2. The molecule has 1 aromatic heterocycles. The summed E-state index contributed by atoms with van der Waals surface area (Å²) in [6, 6.07) is 16.0. The second kappa shape index (κ2) is 5.13. The zero-order valence-electron chi connectivity index (χ0n) is 10.9. The minimum atomic E-state index is 0.397. The normalized spacial score (nSPS) is 10.7. The van der Waals surface area contributed by atoms with Gasteiger partial charge in [-0.15, -0.1) is 0 Å². The highest BCUT2D eigenvalue weighted by molar-refractivity contribution is 9.10. The van der Waals surface area contributed by atoms with Gasteiger partial charge in [0.05, 0.1) is 5.56 Å². The molecule has 2 N–H and O–H groups in total. The van der Waals surface area contributed by atoms with Crippen LogP contribution in [-0.4, -0.2) is 5.16 Å². The molecular weight excluding hydrogens is 316 g/mol. The molecule has 0 amide bonds. The average Bonchev–Trinajstić information content (AvgIpc) is 2.81. The number of aryl methyl sites for hydroxylation is 1. The van der Waals surface area contributed by atoms with Crippen molar-refractivity contribution in [2.45, 2.75) is 6.92 Å². The minimum Gasteiger partial charge on any atom is -0.380 e. The predicted octanol–water partition coefficient (Wildman–Crippen LogP) is 4.66. The second-order valence-electron chi connectivity index (χ2n) is 4.62. The maximum absolute atomic E-state index is 5.99. The number of hydrogen-bond acceptors (Lipinski definition) is 3. The van der Waals surface area contributed by atoms with E-state index in [1.54, 1.807) is 0 Å². The van der Waals surface area contributed by atoms with E-state index in [-0.39, 0.29) is 0 Å². The molecule has 0 saturated heterocycles. The van der Waals surface area contributed by atoms with Gasteiger partial charge in [-0.2, -0.15) is 0 Å². The van der Waals surface area contributed by atoms with Gasteiger partial charge in [0.25, 0.3) is 0 Å². The first-order chi connectivity index (χ1) is 9.66. The van der Waals surface area contributed by atoms with Crippen LogP contribution >= 0.6 is 15.9 Å². The minimum absolute atomic E-state index is 0.397. The number of halogens is 1. The van der Waals surface area contributed by atoms with Gasteiger partial charge in [-0.05, 0) is 19.1 Å². The molecule has 0 aliphatic rings. The maximum Gasteiger partial charge on any atom is 0.176 e. The van der Waals surface area contributed by atoms with E-state index in [1.165, 1.54) is 0 Å². The summed E-state index contributed by atoms with van der Waals surface area (Å²) in [7, 11) is 0. The van der Waals surface area contributed by atoms with Crippen LogP contribution in [0.25, 0.3) is 22.5 Å². The molecule has 0 fully saturated rings. The van der Waals surface area contributed by atoms with Crippen LogP contribution in [-0.2, 0) is 0 Å². The zero-order valence-corrected chi connectivity index (χ0v) is 12.5. The van der Waals surface area contributed by atoms with Crippen LogP contribution in [0.2, 0.25) is 0 Å². The van der Waals surface area contributed by atoms with Gasteiger partial charge in [-0.25, -0.2) is 0 Å². The number of nitrogens with two attached hydrogens (primary N) is 1. The molecule has 1 heterocycles. The fourth-order valence-electron chi connectivity index (χ4n) is 2.21. The number of anilines is 1. The van der Waals surface area contributed by atoms with Gasteiger partial charge in [0, 0.05) is 15.6 Å². The number of nitrogens with zero attached hydrogens (tertiary/aromatic N) is 1. The van der Waals surface area contributed by atoms with Gasteiger partial charge in [-0.1, -0.05) is 63.0 Å². The van der Waals surface area contributed by atoms with Gasteiger partial charge in [0.1, 0.15) is 0 Å². The van der Waals surface area contributed by atoms with Crippen molar-refractivity contribution in [1.29, 1.82) is 0 Å². The van der Waals surface area contributed by atoms with E-state index in [9.17, 15) is 0 Å². The Hall–Kier alpha value is -2.07. The average molecular weight is 329 g/mol. The SMILES string of the molecule is Cc1cccc(-c2onc(N)c2-c2ccccc2Br)c1. The van der Waals surface area contributed by atoms with Gasteiger partial charge in [0.15, 0.2) is 11.6 Å². The Morgan fingerprint density at radius 2 is 1.90 bits per heavy atom. The van der Waals surface area contributed by atoms with E-state index in [2.05, 4.69) is 27.2 Å². The predicted molar refractivity (Wildman–Crippen MR) is 84.2 cm³/mol. The molecule has 0 radical (unpaired) electrons. The molecule has 0 saturated carbocycles. The fraction of sp³-hybridized carbons (Fsp3) is 0.0625. The summed E-state index contributed by atoms with van der Waals surface area (Å²) in [6.45, 7) is 2.04. The summed E-state index contributed by atoms with van der Waals surface area (Å²) < 4.78 is 6.41. The van der Waals surface area contributed by atoms with E-state index in [0.717, 1.165) is 26.7 Å². The van der Waals surface area contributed by atoms with Crippen LogP contribution in [0.3, 0.4) is 0 Å². The maximum atomic E-state index is 5.99. The Labute approximate surface area is 125 Å². The van der Waals surface area contributed by atoms with E-state index in [1.807, 2.05) is 49.4 Å². The number of benzene rings is 2. The molecule has 4 heteroatoms. The van der Waals surface area contributed by atoms with Gasteiger partial charge in [0.2, 0.25) is 0 Å². The Kier molecular flexibility index (Phi) is 3.32. The Morgan fingerprint density at radius 3 is 2.65 bits per heavy atom. The Morgan fingerprint density at radius 1 is 1.10 bits per heavy atom. The van der Waals surface area contributed by atoms with E-state index >= 15 is 0 Å². The molecule has 0 atom stereocenters. The molecule has 3 rings (SSSR count). The van der Waals surface area contributed by atoms with Crippen molar-refractivity contribution < 1.29 is 4.52 Å². The molecule has 0 spiro atoms. The smallest absolute Gasteiger partial charge is 0.176 e. The molecular formula is C16H13BrN2O. The van der Waals surface area contributed by atoms with Crippen molar-refractivity contribution in [3.05, 3.63) is 58.6 Å². The van der Waals surface area contributed by atoms with E-state index in [0.29, 0.717) is 11.6 Å². The molecule has 3 aromatic rings. The van der Waals surface area contributed by atoms with Crippen LogP contribution in [0.5, 0.6) is 0 Å². The van der Waals surface area contributed by atoms with Crippen molar-refractivity contribution in [2.75, 3.05) is 5.73 Å². The molecule has 0 unspecified atom stereocenters. The van der Waals surface area contributed by atoms with Crippen LogP contribution in [0.4, 0.5) is 5.82 Å². The first-order valence-electron chi connectivity index (χ1n) is 6.24. The van der Waals surface area contributed by atoms with Crippen molar-refractivity contribution in [3.8, 4) is 22.5 Å². The van der Waals surface area contributed by atoms with E-state index < -0.39 is 0 Å².